The van der Waals surface area contributed by atoms with Gasteiger partial charge in [-0.15, -0.1) is 6.42 Å². The third-order valence-electron chi connectivity index (χ3n) is 0.939. The first kappa shape index (κ1) is 29.2. The average molecular weight is 358 g/mol. The normalized spacial score (nSPS) is 9.08. The van der Waals surface area contributed by atoms with E-state index in [1.165, 1.54) is 6.42 Å². The SMILES string of the molecule is [C-]1=CC=CC1.[CH2-]CCC.[F-].[F-].[F-].[Hf]. The van der Waals surface area contributed by atoms with Crippen molar-refractivity contribution in [3.63, 3.8) is 0 Å². The molecule has 0 aromatic rings. The minimum absolute atomic E-state index is 0. The Balaban J connectivity index is -0.0000000256. The minimum Gasteiger partial charge on any atom is -1.00 e. The molecule has 0 saturated heterocycles. The molecular weight excluding hydrogens is 344 g/mol. The summed E-state index contributed by atoms with van der Waals surface area (Å²) < 4.78 is 0. The molecule has 0 heterocycles. The van der Waals surface area contributed by atoms with Crippen molar-refractivity contribution in [2.24, 2.45) is 0 Å². The van der Waals surface area contributed by atoms with Crippen LogP contribution in [0.3, 0.4) is 0 Å². The van der Waals surface area contributed by atoms with Crippen molar-refractivity contribution in [1.29, 1.82) is 0 Å². The van der Waals surface area contributed by atoms with Crippen LogP contribution in [0.15, 0.2) is 18.2 Å². The zero-order valence-electron chi connectivity index (χ0n) is 7.69. The molecule has 0 atom stereocenters. The summed E-state index contributed by atoms with van der Waals surface area (Å²) in [6.45, 7) is 5.72. The largest absolute Gasteiger partial charge is 1.00 e. The van der Waals surface area contributed by atoms with Crippen molar-refractivity contribution in [2.45, 2.75) is 26.2 Å². The number of allylic oxidation sites excluding steroid dienone is 4. The Labute approximate surface area is 97.4 Å². The fourth-order valence-corrected chi connectivity index (χ4v) is 0.340. The molecule has 1 aliphatic carbocycles. The second kappa shape index (κ2) is 29.6. The summed E-state index contributed by atoms with van der Waals surface area (Å²) in [5, 5.41) is 0. The zero-order chi connectivity index (χ0) is 6.95. The summed E-state index contributed by atoms with van der Waals surface area (Å²) in [7, 11) is 0. The van der Waals surface area contributed by atoms with E-state index in [1.807, 2.05) is 12.2 Å². The van der Waals surface area contributed by atoms with E-state index in [-0.39, 0.29) is 40.0 Å². The topological polar surface area (TPSA) is 0 Å². The van der Waals surface area contributed by atoms with Crippen LogP contribution in [-0.2, 0) is 25.8 Å². The van der Waals surface area contributed by atoms with E-state index in [2.05, 4.69) is 26.0 Å². The van der Waals surface area contributed by atoms with Crippen molar-refractivity contribution in [2.75, 3.05) is 0 Å². The molecule has 1 aliphatic rings. The van der Waals surface area contributed by atoms with E-state index in [9.17, 15) is 0 Å². The molecule has 0 nitrogen and oxygen atoms in total. The first-order valence-corrected chi connectivity index (χ1v) is 3.42. The molecule has 13 heavy (non-hydrogen) atoms. The Bertz CT molecular complexity index is 91.0. The van der Waals surface area contributed by atoms with Crippen molar-refractivity contribution >= 4 is 0 Å². The molecule has 0 aromatic heterocycles. The van der Waals surface area contributed by atoms with Crippen LogP contribution in [0.4, 0.5) is 0 Å². The number of hydrogen-bond donors (Lipinski definition) is 0. The number of rotatable bonds is 1. The van der Waals surface area contributed by atoms with E-state index in [0.717, 1.165) is 12.8 Å². The number of halogens is 3. The van der Waals surface area contributed by atoms with Gasteiger partial charge in [0.1, 0.15) is 0 Å². The smallest absolute Gasteiger partial charge is 0 e. The molecule has 0 bridgehead atoms. The van der Waals surface area contributed by atoms with Gasteiger partial charge in [0.05, 0.1) is 0 Å². The van der Waals surface area contributed by atoms with Crippen molar-refractivity contribution in [3.8, 4) is 0 Å². The number of hydrogen-bond acceptors (Lipinski definition) is 0. The van der Waals surface area contributed by atoms with Gasteiger partial charge in [-0.3, -0.25) is 6.08 Å². The van der Waals surface area contributed by atoms with Gasteiger partial charge < -0.3 is 21.0 Å². The molecule has 0 saturated carbocycles. The van der Waals surface area contributed by atoms with Crippen molar-refractivity contribution in [3.05, 3.63) is 31.2 Å². The van der Waals surface area contributed by atoms with E-state index in [1.54, 1.807) is 0 Å². The van der Waals surface area contributed by atoms with Gasteiger partial charge in [-0.2, -0.15) is 12.5 Å². The molecule has 0 radical (unpaired) electrons. The first-order valence-electron chi connectivity index (χ1n) is 3.42. The van der Waals surface area contributed by atoms with E-state index in [4.69, 9.17) is 0 Å². The Morgan fingerprint density at radius 1 is 1.31 bits per heavy atom. The molecule has 0 aliphatic heterocycles. The first-order chi connectivity index (χ1) is 4.41. The Morgan fingerprint density at radius 3 is 1.85 bits per heavy atom. The molecule has 0 fully saturated rings. The van der Waals surface area contributed by atoms with Crippen LogP contribution in [0.5, 0.6) is 0 Å². The predicted octanol–water partition coefficient (Wildman–Crippen LogP) is -6.06. The molecule has 1 rings (SSSR count). The maximum absolute atomic E-state index is 3.60. The second-order valence-corrected chi connectivity index (χ2v) is 1.86. The van der Waals surface area contributed by atoms with Crippen molar-refractivity contribution < 1.29 is 40.0 Å². The fourth-order valence-electron chi connectivity index (χ4n) is 0.340. The zero-order valence-corrected chi connectivity index (χ0v) is 11.3. The fraction of sp³-hybridized carbons (Fsp3) is 0.444. The molecule has 0 aromatic carbocycles. The van der Waals surface area contributed by atoms with Crippen LogP contribution in [0, 0.1) is 13.0 Å². The summed E-state index contributed by atoms with van der Waals surface area (Å²) in [4.78, 5) is 0. The van der Waals surface area contributed by atoms with Crippen molar-refractivity contribution in [1.82, 2.24) is 0 Å². The van der Waals surface area contributed by atoms with Gasteiger partial charge in [0.2, 0.25) is 0 Å². The van der Waals surface area contributed by atoms with Crippen LogP contribution in [0.2, 0.25) is 0 Å². The molecule has 0 N–H and O–H groups in total. The molecule has 0 amide bonds. The molecule has 0 spiro atoms. The third kappa shape index (κ3) is 33.1. The third-order valence-corrected chi connectivity index (χ3v) is 0.939. The quantitative estimate of drug-likeness (QED) is 0.324. The van der Waals surface area contributed by atoms with Gasteiger partial charge in [0, 0.05) is 25.8 Å². The van der Waals surface area contributed by atoms with Gasteiger partial charge in [-0.05, 0) is 0 Å². The molecule has 4 heteroatoms. The Morgan fingerprint density at radius 2 is 1.77 bits per heavy atom. The maximum Gasteiger partial charge on any atom is 0 e. The van der Waals surface area contributed by atoms with Gasteiger partial charge in [0.15, 0.2) is 0 Å². The Hall–Kier alpha value is 0.140. The average Bonchev–Trinajstić information content (AvgIpc) is 2.43. The van der Waals surface area contributed by atoms with Crippen LogP contribution in [-0.4, -0.2) is 0 Å². The van der Waals surface area contributed by atoms with Crippen LogP contribution < -0.4 is 14.1 Å². The van der Waals surface area contributed by atoms with Gasteiger partial charge in [-0.1, -0.05) is 13.3 Å². The summed E-state index contributed by atoms with van der Waals surface area (Å²) >= 11 is 0. The standard InChI is InChI=1S/C5H5.C4H9.3FH.Hf/c1-2-4-5-3-1;1-3-4-2;;;;/h1-3H,4H2;1,3-4H2,2H3;3*1H;/q2*-1;;;;/p-3. The number of unbranched alkanes of at least 4 members (excludes halogenated alkanes) is 1. The predicted molar refractivity (Wildman–Crippen MR) is 41.8 cm³/mol. The Kier molecular flexibility index (Phi) is 66.4. The van der Waals surface area contributed by atoms with Gasteiger partial charge in [0.25, 0.3) is 0 Å². The maximum atomic E-state index is 3.60. The summed E-state index contributed by atoms with van der Waals surface area (Å²) in [5.74, 6) is 0. The molecular formula is C9H14F3Hf-5. The van der Waals surface area contributed by atoms with Gasteiger partial charge in [-0.25, -0.2) is 12.2 Å². The minimum atomic E-state index is 0. The molecule has 80 valence electrons. The van der Waals surface area contributed by atoms with E-state index < -0.39 is 0 Å². The van der Waals surface area contributed by atoms with Crippen LogP contribution in [0.25, 0.3) is 0 Å². The summed E-state index contributed by atoms with van der Waals surface area (Å²) in [5.41, 5.74) is 0. The monoisotopic (exact) mass is 359 g/mol. The summed E-state index contributed by atoms with van der Waals surface area (Å²) in [6, 6.07) is 0. The summed E-state index contributed by atoms with van der Waals surface area (Å²) in [6.07, 6.45) is 12.3. The van der Waals surface area contributed by atoms with Crippen LogP contribution in [0.1, 0.15) is 26.2 Å². The van der Waals surface area contributed by atoms with Crippen LogP contribution >= 0.6 is 0 Å². The molecule has 0 unspecified atom stereocenters. The van der Waals surface area contributed by atoms with E-state index in [0.29, 0.717) is 0 Å². The van der Waals surface area contributed by atoms with E-state index >= 15 is 0 Å². The second-order valence-electron chi connectivity index (χ2n) is 1.86. The van der Waals surface area contributed by atoms with Gasteiger partial charge >= 0.3 is 0 Å².